The second-order valence-corrected chi connectivity index (χ2v) is 4.89. The van der Waals surface area contributed by atoms with Crippen LogP contribution in [0.2, 0.25) is 0 Å². The first kappa shape index (κ1) is 14.4. The summed E-state index contributed by atoms with van der Waals surface area (Å²) in [5, 5.41) is 2.60. The number of amides is 1. The van der Waals surface area contributed by atoms with E-state index in [1.54, 1.807) is 25.2 Å². The predicted molar refractivity (Wildman–Crippen MR) is 73.8 cm³/mol. The van der Waals surface area contributed by atoms with E-state index >= 15 is 0 Å². The first-order valence-electron chi connectivity index (χ1n) is 6.22. The molecule has 1 aromatic rings. The van der Waals surface area contributed by atoms with Crippen LogP contribution in [0.3, 0.4) is 0 Å². The number of ether oxygens (including phenoxy) is 1. The van der Waals surface area contributed by atoms with Crippen molar-refractivity contribution in [2.45, 2.75) is 33.3 Å². The Kier molecular flexibility index (Phi) is 5.01. The van der Waals surface area contributed by atoms with Gasteiger partial charge in [0.15, 0.2) is 0 Å². The molecule has 0 aromatic heterocycles. The lowest BCUT2D eigenvalue weighted by Gasteiger charge is -2.19. The fraction of sp³-hybridized carbons (Fsp3) is 0.500. The summed E-state index contributed by atoms with van der Waals surface area (Å²) in [6.07, 6.45) is 0.984. The van der Waals surface area contributed by atoms with Crippen molar-refractivity contribution in [1.82, 2.24) is 5.32 Å². The summed E-state index contributed by atoms with van der Waals surface area (Å²) in [4.78, 5) is 11.7. The molecule has 18 heavy (non-hydrogen) atoms. The van der Waals surface area contributed by atoms with E-state index in [2.05, 4.69) is 19.2 Å². The molecule has 0 radical (unpaired) electrons. The number of nitrogens with two attached hydrogens (primary N) is 1. The molecule has 100 valence electrons. The average Bonchev–Trinajstić information content (AvgIpc) is 2.27. The summed E-state index contributed by atoms with van der Waals surface area (Å²) in [6, 6.07) is 5.08. The minimum absolute atomic E-state index is 0.0511. The lowest BCUT2D eigenvalue weighted by atomic mass is 10.1. The SMILES string of the molecule is CNC(=O)c1ccc(N)cc1OC(C)CC(C)C. The molecule has 1 rings (SSSR count). The molecule has 0 aliphatic carbocycles. The lowest BCUT2D eigenvalue weighted by molar-refractivity contribution is 0.0955. The topological polar surface area (TPSA) is 64.4 Å². The van der Waals surface area contributed by atoms with E-state index in [0.717, 1.165) is 6.42 Å². The number of carbonyl (C=O) groups excluding carboxylic acids is 1. The van der Waals surface area contributed by atoms with E-state index in [9.17, 15) is 4.79 Å². The Morgan fingerprint density at radius 2 is 2.06 bits per heavy atom. The summed E-state index contributed by atoms with van der Waals surface area (Å²) >= 11 is 0. The first-order valence-corrected chi connectivity index (χ1v) is 6.22. The molecule has 4 heteroatoms. The Morgan fingerprint density at radius 3 is 2.61 bits per heavy atom. The molecule has 4 nitrogen and oxygen atoms in total. The van der Waals surface area contributed by atoms with E-state index in [-0.39, 0.29) is 12.0 Å². The largest absolute Gasteiger partial charge is 0.490 e. The summed E-state index contributed by atoms with van der Waals surface area (Å²) in [5.41, 5.74) is 6.84. The Morgan fingerprint density at radius 1 is 1.39 bits per heavy atom. The molecular weight excluding hydrogens is 228 g/mol. The van der Waals surface area contributed by atoms with Crippen molar-refractivity contribution >= 4 is 11.6 Å². The molecule has 3 N–H and O–H groups in total. The van der Waals surface area contributed by atoms with Crippen LogP contribution in [0.25, 0.3) is 0 Å². The van der Waals surface area contributed by atoms with Gasteiger partial charge in [0, 0.05) is 18.8 Å². The van der Waals surface area contributed by atoms with Gasteiger partial charge in [0.2, 0.25) is 0 Å². The molecule has 0 spiro atoms. The number of hydrogen-bond acceptors (Lipinski definition) is 3. The number of benzene rings is 1. The van der Waals surface area contributed by atoms with Crippen LogP contribution in [-0.4, -0.2) is 19.1 Å². The van der Waals surface area contributed by atoms with Crippen LogP contribution < -0.4 is 15.8 Å². The van der Waals surface area contributed by atoms with Crippen molar-refractivity contribution in [3.05, 3.63) is 23.8 Å². The smallest absolute Gasteiger partial charge is 0.254 e. The lowest BCUT2D eigenvalue weighted by Crippen LogP contribution is -2.21. The number of nitrogens with one attached hydrogen (secondary N) is 1. The average molecular weight is 250 g/mol. The van der Waals surface area contributed by atoms with Crippen molar-refractivity contribution in [3.8, 4) is 5.75 Å². The quantitative estimate of drug-likeness (QED) is 0.789. The van der Waals surface area contributed by atoms with Crippen molar-refractivity contribution in [1.29, 1.82) is 0 Å². The van der Waals surface area contributed by atoms with Gasteiger partial charge in [-0.3, -0.25) is 4.79 Å². The zero-order valence-electron chi connectivity index (χ0n) is 11.5. The number of hydrogen-bond donors (Lipinski definition) is 2. The van der Waals surface area contributed by atoms with Gasteiger partial charge in [-0.2, -0.15) is 0 Å². The zero-order chi connectivity index (χ0) is 13.7. The van der Waals surface area contributed by atoms with Gasteiger partial charge in [-0.1, -0.05) is 13.8 Å². The Labute approximate surface area is 109 Å². The molecular formula is C14H22N2O2. The molecule has 1 atom stereocenters. The van der Waals surface area contributed by atoms with Gasteiger partial charge < -0.3 is 15.8 Å². The van der Waals surface area contributed by atoms with Gasteiger partial charge in [0.25, 0.3) is 5.91 Å². The Balaban J connectivity index is 2.92. The van der Waals surface area contributed by atoms with Gasteiger partial charge in [-0.05, 0) is 31.4 Å². The third-order valence-corrected chi connectivity index (χ3v) is 2.61. The molecule has 0 aliphatic rings. The van der Waals surface area contributed by atoms with Crippen molar-refractivity contribution < 1.29 is 9.53 Å². The predicted octanol–water partition coefficient (Wildman–Crippen LogP) is 2.44. The van der Waals surface area contributed by atoms with E-state index in [1.807, 2.05) is 6.92 Å². The molecule has 0 heterocycles. The number of nitrogen functional groups attached to an aromatic ring is 1. The molecule has 1 aromatic carbocycles. The fourth-order valence-electron chi connectivity index (χ4n) is 1.89. The number of anilines is 1. The maximum Gasteiger partial charge on any atom is 0.254 e. The first-order chi connectivity index (χ1) is 8.43. The second kappa shape index (κ2) is 6.28. The van der Waals surface area contributed by atoms with E-state index in [1.165, 1.54) is 0 Å². The van der Waals surface area contributed by atoms with Crippen molar-refractivity contribution in [2.24, 2.45) is 5.92 Å². The highest BCUT2D eigenvalue weighted by atomic mass is 16.5. The van der Waals surface area contributed by atoms with Crippen molar-refractivity contribution in [2.75, 3.05) is 12.8 Å². The monoisotopic (exact) mass is 250 g/mol. The Hall–Kier alpha value is -1.71. The van der Waals surface area contributed by atoms with Crippen molar-refractivity contribution in [3.63, 3.8) is 0 Å². The molecule has 0 bridgehead atoms. The molecule has 1 unspecified atom stereocenters. The maximum atomic E-state index is 11.7. The fourth-order valence-corrected chi connectivity index (χ4v) is 1.89. The Bertz CT molecular complexity index is 416. The minimum atomic E-state index is -0.165. The van der Waals surface area contributed by atoms with Crippen LogP contribution in [-0.2, 0) is 0 Å². The van der Waals surface area contributed by atoms with Crippen LogP contribution in [0.1, 0.15) is 37.6 Å². The van der Waals surface area contributed by atoms with Crippen LogP contribution >= 0.6 is 0 Å². The normalized spacial score (nSPS) is 12.3. The molecule has 0 saturated carbocycles. The van der Waals surface area contributed by atoms with E-state index in [4.69, 9.17) is 10.5 Å². The van der Waals surface area contributed by atoms with E-state index < -0.39 is 0 Å². The van der Waals surface area contributed by atoms with Gasteiger partial charge in [-0.25, -0.2) is 0 Å². The van der Waals surface area contributed by atoms with Gasteiger partial charge in [0.1, 0.15) is 5.75 Å². The van der Waals surface area contributed by atoms with Crippen LogP contribution in [0, 0.1) is 5.92 Å². The summed E-state index contributed by atoms with van der Waals surface area (Å²) in [7, 11) is 1.60. The molecule has 0 fully saturated rings. The van der Waals surface area contributed by atoms with Gasteiger partial charge in [0.05, 0.1) is 11.7 Å². The highest BCUT2D eigenvalue weighted by Crippen LogP contribution is 2.24. The minimum Gasteiger partial charge on any atom is -0.490 e. The number of rotatable bonds is 5. The third-order valence-electron chi connectivity index (χ3n) is 2.61. The standard InChI is InChI=1S/C14H22N2O2/c1-9(2)7-10(3)18-13-8-11(15)5-6-12(13)14(17)16-4/h5-6,8-10H,7,15H2,1-4H3,(H,16,17). The molecule has 0 aliphatic heterocycles. The second-order valence-electron chi connectivity index (χ2n) is 4.89. The maximum absolute atomic E-state index is 11.7. The highest BCUT2D eigenvalue weighted by Gasteiger charge is 2.14. The zero-order valence-corrected chi connectivity index (χ0v) is 11.5. The summed E-state index contributed by atoms with van der Waals surface area (Å²) < 4.78 is 5.82. The summed E-state index contributed by atoms with van der Waals surface area (Å²) in [6.45, 7) is 6.27. The van der Waals surface area contributed by atoms with Gasteiger partial charge >= 0.3 is 0 Å². The molecule has 1 amide bonds. The van der Waals surface area contributed by atoms with Crippen LogP contribution in [0.4, 0.5) is 5.69 Å². The van der Waals surface area contributed by atoms with E-state index in [0.29, 0.717) is 22.9 Å². The van der Waals surface area contributed by atoms with Crippen LogP contribution in [0.15, 0.2) is 18.2 Å². The highest BCUT2D eigenvalue weighted by molar-refractivity contribution is 5.97. The third kappa shape index (κ3) is 3.95. The molecule has 0 saturated heterocycles. The number of carbonyl (C=O) groups is 1. The van der Waals surface area contributed by atoms with Crippen LogP contribution in [0.5, 0.6) is 5.75 Å². The van der Waals surface area contributed by atoms with Gasteiger partial charge in [-0.15, -0.1) is 0 Å². The summed E-state index contributed by atoms with van der Waals surface area (Å²) in [5.74, 6) is 0.925.